The highest BCUT2D eigenvalue weighted by Crippen LogP contribution is 2.29. The van der Waals surface area contributed by atoms with E-state index in [1.54, 1.807) is 7.05 Å². The van der Waals surface area contributed by atoms with Crippen LogP contribution in [0, 0.1) is 0 Å². The average molecular weight is 469 g/mol. The number of hydrogen-bond acceptors (Lipinski definition) is 4. The highest BCUT2D eigenvalue weighted by atomic mass is 32.2. The van der Waals surface area contributed by atoms with E-state index < -0.39 is 10.2 Å². The lowest BCUT2D eigenvalue weighted by Crippen LogP contribution is -2.38. The molecule has 0 atom stereocenters. The molecule has 1 aromatic carbocycles. The molecule has 0 unspecified atom stereocenters. The molecule has 8 heteroatoms. The Kier molecular flexibility index (Phi) is 11.7. The minimum atomic E-state index is -3.54. The summed E-state index contributed by atoms with van der Waals surface area (Å²) in [6.45, 7) is 17.8. The molecule has 1 aromatic heterocycles. The van der Waals surface area contributed by atoms with Gasteiger partial charge in [-0.2, -0.15) is 13.1 Å². The first-order valence-corrected chi connectivity index (χ1v) is 13.3. The van der Waals surface area contributed by atoms with Gasteiger partial charge >= 0.3 is 10.2 Å². The predicted octanol–water partition coefficient (Wildman–Crippen LogP) is 5.25. The Bertz CT molecular complexity index is 913. The number of rotatable bonds is 11. The largest absolute Gasteiger partial charge is 0.382 e. The van der Waals surface area contributed by atoms with E-state index in [1.807, 2.05) is 32.0 Å². The Morgan fingerprint density at radius 1 is 1.09 bits per heavy atom. The maximum Gasteiger partial charge on any atom is 0.301 e. The quantitative estimate of drug-likeness (QED) is 0.457. The molecule has 0 radical (unpaired) electrons. The van der Waals surface area contributed by atoms with Crippen molar-refractivity contribution in [2.24, 2.45) is 0 Å². The highest BCUT2D eigenvalue weighted by Gasteiger charge is 2.24. The van der Waals surface area contributed by atoms with Crippen LogP contribution in [-0.4, -0.2) is 44.8 Å². The molecule has 7 nitrogen and oxygen atoms in total. The van der Waals surface area contributed by atoms with Crippen molar-refractivity contribution in [3.63, 3.8) is 0 Å². The molecule has 32 heavy (non-hydrogen) atoms. The maximum atomic E-state index is 12.3. The summed E-state index contributed by atoms with van der Waals surface area (Å²) >= 11 is 0. The smallest absolute Gasteiger partial charge is 0.301 e. The van der Waals surface area contributed by atoms with E-state index in [0.29, 0.717) is 12.2 Å². The lowest BCUT2D eigenvalue weighted by Gasteiger charge is -2.20. The van der Waals surface area contributed by atoms with E-state index in [1.165, 1.54) is 17.1 Å². The first kappa shape index (κ1) is 28.4. The van der Waals surface area contributed by atoms with Crippen LogP contribution in [0.5, 0.6) is 0 Å². The summed E-state index contributed by atoms with van der Waals surface area (Å²) in [7, 11) is -1.97. The van der Waals surface area contributed by atoms with Crippen LogP contribution in [0.1, 0.15) is 80.0 Å². The van der Waals surface area contributed by atoms with Gasteiger partial charge in [0.05, 0.1) is 16.7 Å². The fourth-order valence-electron chi connectivity index (χ4n) is 3.19. The summed E-state index contributed by atoms with van der Waals surface area (Å²) in [5, 5.41) is 0. The molecule has 2 aromatic rings. The summed E-state index contributed by atoms with van der Waals surface area (Å²) in [6.07, 6.45) is 4.21. The molecule has 1 N–H and O–H groups in total. The van der Waals surface area contributed by atoms with Crippen molar-refractivity contribution in [1.82, 2.24) is 14.3 Å². The van der Waals surface area contributed by atoms with Gasteiger partial charge < -0.3 is 9.30 Å². The van der Waals surface area contributed by atoms with Crippen LogP contribution in [0.4, 0.5) is 5.69 Å². The lowest BCUT2D eigenvalue weighted by molar-refractivity contribution is 0.144. The van der Waals surface area contributed by atoms with E-state index >= 15 is 0 Å². The number of hydrogen-bond donors (Lipinski definition) is 1. The molecule has 0 saturated heterocycles. The molecule has 1 heterocycles. The van der Waals surface area contributed by atoms with Gasteiger partial charge in [-0.05, 0) is 44.4 Å². The van der Waals surface area contributed by atoms with Crippen LogP contribution in [-0.2, 0) is 26.9 Å². The average Bonchev–Trinajstić information content (AvgIpc) is 3.11. The van der Waals surface area contributed by atoms with Gasteiger partial charge in [-0.1, -0.05) is 48.0 Å². The normalized spacial score (nSPS) is 12.0. The third-order valence-electron chi connectivity index (χ3n) is 4.95. The minimum Gasteiger partial charge on any atom is -0.382 e. The SMILES string of the molecule is CCCCOCC.CCCNS(=O)(=O)N(C)c1ccc2c(c1)nc(C(C)(C)C)n2CCC. The number of fused-ring (bicyclic) bond motifs is 1. The fraction of sp³-hybridized carbons (Fsp3) is 0.708. The minimum absolute atomic E-state index is 0.0744. The zero-order valence-corrected chi connectivity index (χ0v) is 22.2. The number of anilines is 1. The Hall–Kier alpha value is -1.64. The molecule has 0 saturated carbocycles. The summed E-state index contributed by atoms with van der Waals surface area (Å²) in [6, 6.07) is 5.66. The number of unbranched alkanes of at least 4 members (excludes halogenated alkanes) is 1. The Morgan fingerprint density at radius 3 is 2.31 bits per heavy atom. The number of imidazole rings is 1. The third kappa shape index (κ3) is 8.05. The second-order valence-corrected chi connectivity index (χ2v) is 10.7. The Balaban J connectivity index is 0.000000633. The van der Waals surface area contributed by atoms with Crippen LogP contribution in [0.3, 0.4) is 0 Å². The van der Waals surface area contributed by atoms with Gasteiger partial charge in [0.25, 0.3) is 0 Å². The Morgan fingerprint density at radius 2 is 1.78 bits per heavy atom. The molecular formula is C24H44N4O3S. The van der Waals surface area contributed by atoms with Gasteiger partial charge in [0, 0.05) is 38.8 Å². The topological polar surface area (TPSA) is 76.5 Å². The number of nitrogens with one attached hydrogen (secondary N) is 1. The molecule has 2 rings (SSSR count). The summed E-state index contributed by atoms with van der Waals surface area (Å²) < 4.78 is 35.9. The second kappa shape index (κ2) is 13.2. The van der Waals surface area contributed by atoms with Crippen LogP contribution in [0.2, 0.25) is 0 Å². The van der Waals surface area contributed by atoms with Crippen LogP contribution in [0.25, 0.3) is 11.0 Å². The van der Waals surface area contributed by atoms with Crippen molar-refractivity contribution in [1.29, 1.82) is 0 Å². The Labute approximate surface area is 195 Å². The summed E-state index contributed by atoms with van der Waals surface area (Å²) in [4.78, 5) is 4.81. The van der Waals surface area contributed by atoms with E-state index in [-0.39, 0.29) is 5.41 Å². The molecular weight excluding hydrogens is 424 g/mol. The molecule has 0 aliphatic heterocycles. The fourth-order valence-corrected chi connectivity index (χ4v) is 4.24. The van der Waals surface area contributed by atoms with Crippen LogP contribution >= 0.6 is 0 Å². The predicted molar refractivity (Wildman–Crippen MR) is 136 cm³/mol. The van der Waals surface area contributed by atoms with E-state index in [9.17, 15) is 8.42 Å². The molecule has 0 aliphatic rings. The van der Waals surface area contributed by atoms with Gasteiger partial charge in [0.2, 0.25) is 0 Å². The summed E-state index contributed by atoms with van der Waals surface area (Å²) in [5.41, 5.74) is 2.41. The third-order valence-corrected chi connectivity index (χ3v) is 6.46. The molecule has 0 amide bonds. The molecule has 184 valence electrons. The van der Waals surface area contributed by atoms with Crippen LogP contribution in [0.15, 0.2) is 18.2 Å². The van der Waals surface area contributed by atoms with Crippen molar-refractivity contribution in [3.8, 4) is 0 Å². The van der Waals surface area contributed by atoms with Crippen molar-refractivity contribution >= 4 is 26.9 Å². The van der Waals surface area contributed by atoms with Crippen LogP contribution < -0.4 is 9.03 Å². The molecule has 0 spiro atoms. The number of aryl methyl sites for hydroxylation is 1. The van der Waals surface area contributed by atoms with Crippen molar-refractivity contribution in [2.75, 3.05) is 31.1 Å². The lowest BCUT2D eigenvalue weighted by atomic mass is 9.95. The van der Waals surface area contributed by atoms with Gasteiger partial charge in [-0.3, -0.25) is 4.31 Å². The second-order valence-electron chi connectivity index (χ2n) is 8.93. The number of nitrogens with zero attached hydrogens (tertiary/aromatic N) is 3. The number of benzene rings is 1. The highest BCUT2D eigenvalue weighted by molar-refractivity contribution is 7.90. The number of ether oxygens (including phenoxy) is 1. The monoisotopic (exact) mass is 468 g/mol. The van der Waals surface area contributed by atoms with Crippen molar-refractivity contribution in [3.05, 3.63) is 24.0 Å². The standard InChI is InChI=1S/C18H30N4O2S.C6H14O/c1-7-11-19-25(23,24)21(6)14-9-10-16-15(13-14)20-17(18(3,4)5)22(16)12-8-2;1-3-5-6-7-4-2/h9-10,13,19H,7-8,11-12H2,1-6H3;3-6H2,1-2H3. The van der Waals surface area contributed by atoms with Gasteiger partial charge in [-0.15, -0.1) is 0 Å². The molecule has 0 fully saturated rings. The maximum absolute atomic E-state index is 12.3. The molecule has 0 aliphatic carbocycles. The van der Waals surface area contributed by atoms with E-state index in [4.69, 9.17) is 9.72 Å². The van der Waals surface area contributed by atoms with Gasteiger partial charge in [0.15, 0.2) is 0 Å². The first-order chi connectivity index (χ1) is 15.0. The van der Waals surface area contributed by atoms with E-state index in [2.05, 4.69) is 43.9 Å². The van der Waals surface area contributed by atoms with Gasteiger partial charge in [-0.25, -0.2) is 4.98 Å². The van der Waals surface area contributed by atoms with Crippen molar-refractivity contribution in [2.45, 2.75) is 86.1 Å². The van der Waals surface area contributed by atoms with Crippen molar-refractivity contribution < 1.29 is 13.2 Å². The first-order valence-electron chi connectivity index (χ1n) is 11.8. The molecule has 0 bridgehead atoms. The zero-order valence-electron chi connectivity index (χ0n) is 21.4. The number of aromatic nitrogens is 2. The summed E-state index contributed by atoms with van der Waals surface area (Å²) in [5.74, 6) is 1.02. The zero-order chi connectivity index (χ0) is 24.4. The van der Waals surface area contributed by atoms with E-state index in [0.717, 1.165) is 49.5 Å². The van der Waals surface area contributed by atoms with Gasteiger partial charge in [0.1, 0.15) is 5.82 Å².